The first-order chi connectivity index (χ1) is 36.4. The largest absolute Gasteiger partial charge is 0.455 e. The van der Waals surface area contributed by atoms with Crippen LogP contribution in [0.2, 0.25) is 0 Å². The zero-order chi connectivity index (χ0) is 48.9. The van der Waals surface area contributed by atoms with Crippen LogP contribution >= 0.6 is 0 Å². The van der Waals surface area contributed by atoms with Crippen LogP contribution in [0.1, 0.15) is 47.2 Å². The summed E-state index contributed by atoms with van der Waals surface area (Å²) < 4.78 is 9.67. The topological polar surface area (TPSA) is 52.8 Å². The lowest BCUT2D eigenvalue weighted by atomic mass is 9.65. The fourth-order valence-electron chi connectivity index (χ4n) is 13.1. The van der Waals surface area contributed by atoms with E-state index < -0.39 is 5.41 Å². The maximum absolute atomic E-state index is 7.26. The molecule has 0 bridgehead atoms. The first-order valence-corrected chi connectivity index (χ1v) is 25.5. The van der Waals surface area contributed by atoms with Crippen LogP contribution in [0.15, 0.2) is 231 Å². The normalized spacial score (nSPS) is 14.1. The SMILES string of the molecule is CC1(C)c2ccccc2-c2cc3c4ccccc4n(-c4cccc(-c5nc(-c6ccccc6)nc(-c6ccc7c(c6)C6(c8ccccc8-7)c7ccc8ccccc8c7Oc7c6ccc6ccccc76)n5)c4)c3cc21. The number of aromatic nitrogens is 4. The van der Waals surface area contributed by atoms with Gasteiger partial charge < -0.3 is 9.30 Å². The maximum Gasteiger partial charge on any atom is 0.164 e. The highest BCUT2D eigenvalue weighted by atomic mass is 16.5. The average Bonchev–Trinajstić information content (AvgIpc) is 4.05. The van der Waals surface area contributed by atoms with Gasteiger partial charge in [-0.15, -0.1) is 0 Å². The Hall–Kier alpha value is -9.45. The van der Waals surface area contributed by atoms with Crippen LogP contribution in [0.3, 0.4) is 0 Å². The van der Waals surface area contributed by atoms with E-state index >= 15 is 0 Å². The molecule has 0 atom stereocenters. The highest BCUT2D eigenvalue weighted by Crippen LogP contribution is 2.64. The van der Waals surface area contributed by atoms with Crippen LogP contribution in [-0.4, -0.2) is 19.5 Å². The second-order valence-corrected chi connectivity index (χ2v) is 20.6. The van der Waals surface area contributed by atoms with Gasteiger partial charge in [-0.25, -0.2) is 15.0 Å². The molecule has 0 fully saturated rings. The minimum Gasteiger partial charge on any atom is -0.455 e. The predicted molar refractivity (Wildman–Crippen MR) is 300 cm³/mol. The van der Waals surface area contributed by atoms with Crippen LogP contribution in [0.5, 0.6) is 11.5 Å². The molecule has 2 aromatic heterocycles. The second-order valence-electron chi connectivity index (χ2n) is 20.6. The van der Waals surface area contributed by atoms with Crippen molar-refractivity contribution in [3.63, 3.8) is 0 Å². The van der Waals surface area contributed by atoms with E-state index in [0.29, 0.717) is 17.5 Å². The summed E-state index contributed by atoms with van der Waals surface area (Å²) in [5.41, 5.74) is 17.6. The summed E-state index contributed by atoms with van der Waals surface area (Å²) in [4.78, 5) is 16.1. The number of ether oxygens (including phenoxy) is 1. The van der Waals surface area contributed by atoms with E-state index in [9.17, 15) is 0 Å². The molecular formula is C69H44N4O. The van der Waals surface area contributed by atoms with Gasteiger partial charge in [-0.05, 0) is 91.7 Å². The molecule has 1 aliphatic heterocycles. The summed E-state index contributed by atoms with van der Waals surface area (Å²) in [6.07, 6.45) is 0. The number of fused-ring (bicyclic) bond motifs is 19. The smallest absolute Gasteiger partial charge is 0.164 e. The van der Waals surface area contributed by atoms with Gasteiger partial charge in [-0.2, -0.15) is 0 Å². The van der Waals surface area contributed by atoms with Crippen molar-refractivity contribution in [2.24, 2.45) is 0 Å². The minimum absolute atomic E-state index is 0.140. The van der Waals surface area contributed by atoms with Gasteiger partial charge in [0.25, 0.3) is 0 Å². The molecule has 3 aliphatic rings. The van der Waals surface area contributed by atoms with Crippen molar-refractivity contribution in [1.29, 1.82) is 0 Å². The Morgan fingerprint density at radius 1 is 0.338 bits per heavy atom. The van der Waals surface area contributed by atoms with Gasteiger partial charge in [0.05, 0.1) is 16.4 Å². The van der Waals surface area contributed by atoms with E-state index in [-0.39, 0.29) is 5.41 Å². The third kappa shape index (κ3) is 5.55. The first kappa shape index (κ1) is 41.2. The monoisotopic (exact) mass is 944 g/mol. The van der Waals surface area contributed by atoms with Crippen LogP contribution in [0, 0.1) is 0 Å². The van der Waals surface area contributed by atoms with Crippen LogP contribution in [0.25, 0.3) is 105 Å². The van der Waals surface area contributed by atoms with E-state index in [1.54, 1.807) is 0 Å². The van der Waals surface area contributed by atoms with Crippen LogP contribution < -0.4 is 4.74 Å². The molecule has 0 N–H and O–H groups in total. The summed E-state index contributed by atoms with van der Waals surface area (Å²) in [5, 5.41) is 6.90. The summed E-state index contributed by atoms with van der Waals surface area (Å²) >= 11 is 0. The summed E-state index contributed by atoms with van der Waals surface area (Å²) in [6, 6.07) is 83.4. The Balaban J connectivity index is 0.912. The molecule has 5 heteroatoms. The van der Waals surface area contributed by atoms with E-state index in [1.165, 1.54) is 60.8 Å². The van der Waals surface area contributed by atoms with Crippen molar-refractivity contribution in [2.45, 2.75) is 24.7 Å². The van der Waals surface area contributed by atoms with Gasteiger partial charge in [0.2, 0.25) is 0 Å². The minimum atomic E-state index is -0.716. The van der Waals surface area contributed by atoms with Gasteiger partial charge in [0, 0.05) is 60.5 Å². The number of hydrogen-bond acceptors (Lipinski definition) is 4. The Morgan fingerprint density at radius 2 is 0.892 bits per heavy atom. The highest BCUT2D eigenvalue weighted by Gasteiger charge is 2.52. The molecule has 1 spiro atoms. The Labute approximate surface area is 427 Å². The van der Waals surface area contributed by atoms with Crippen molar-refractivity contribution >= 4 is 43.4 Å². The number of hydrogen-bond donors (Lipinski definition) is 0. The Morgan fingerprint density at radius 3 is 1.61 bits per heavy atom. The number of nitrogens with zero attached hydrogens (tertiary/aromatic N) is 4. The van der Waals surface area contributed by atoms with Crippen LogP contribution in [-0.2, 0) is 10.8 Å². The average molecular weight is 945 g/mol. The van der Waals surface area contributed by atoms with Crippen molar-refractivity contribution in [1.82, 2.24) is 19.5 Å². The first-order valence-electron chi connectivity index (χ1n) is 25.5. The number of para-hydroxylation sites is 1. The quantitative estimate of drug-likeness (QED) is 0.176. The van der Waals surface area contributed by atoms with Gasteiger partial charge in [0.15, 0.2) is 17.5 Å². The fraction of sp³-hybridized carbons (Fsp3) is 0.0580. The van der Waals surface area contributed by atoms with Gasteiger partial charge >= 0.3 is 0 Å². The molecule has 5 nitrogen and oxygen atoms in total. The predicted octanol–water partition coefficient (Wildman–Crippen LogP) is 17.1. The van der Waals surface area contributed by atoms with Gasteiger partial charge in [0.1, 0.15) is 11.5 Å². The highest BCUT2D eigenvalue weighted by molar-refractivity contribution is 6.12. The van der Waals surface area contributed by atoms with E-state index in [2.05, 4.69) is 231 Å². The van der Waals surface area contributed by atoms with Gasteiger partial charge in [-0.3, -0.25) is 0 Å². The summed E-state index contributed by atoms with van der Waals surface area (Å²) in [7, 11) is 0. The molecule has 13 aromatic rings. The third-order valence-electron chi connectivity index (χ3n) is 16.5. The van der Waals surface area contributed by atoms with Gasteiger partial charge in [-0.1, -0.05) is 208 Å². The number of benzene rings is 11. The van der Waals surface area contributed by atoms with Crippen molar-refractivity contribution in [2.75, 3.05) is 0 Å². The second kappa shape index (κ2) is 15.0. The molecule has 0 amide bonds. The van der Waals surface area contributed by atoms with Crippen molar-refractivity contribution in [3.8, 4) is 73.6 Å². The van der Waals surface area contributed by atoms with Crippen molar-refractivity contribution in [3.05, 3.63) is 264 Å². The van der Waals surface area contributed by atoms with Crippen LogP contribution in [0.4, 0.5) is 0 Å². The molecule has 16 rings (SSSR count). The molecule has 0 saturated heterocycles. The standard InChI is InChI=1S/C69H44N4O/c1-68(2)55-28-13-10-26-50(55)53-39-54-52-27-12-15-30-61(52)73(62(54)40-59(53)68)46-22-16-21-44(37-46)66-70-65(43-19-4-3-5-20-43)71-67(72-66)45-31-34-51-49-25-11-14-29-56(49)69(60(51)38-45)57-35-32-41-17-6-8-23-47(41)63(57)74-64-48-24-9-7-18-42(48)33-36-58(64)69/h3-40H,1-2H3. The lowest BCUT2D eigenvalue weighted by molar-refractivity contribution is 0.447. The molecule has 3 heterocycles. The van der Waals surface area contributed by atoms with E-state index in [1.807, 2.05) is 18.2 Å². The molecule has 0 unspecified atom stereocenters. The lowest BCUT2D eigenvalue weighted by Gasteiger charge is -2.40. The zero-order valence-electron chi connectivity index (χ0n) is 40.6. The molecular weight excluding hydrogens is 901 g/mol. The molecule has 11 aromatic carbocycles. The molecule has 346 valence electrons. The molecule has 0 radical (unpaired) electrons. The van der Waals surface area contributed by atoms with E-state index in [4.69, 9.17) is 19.7 Å². The van der Waals surface area contributed by atoms with Crippen molar-refractivity contribution < 1.29 is 4.74 Å². The summed E-state index contributed by atoms with van der Waals surface area (Å²) in [6.45, 7) is 4.70. The third-order valence-corrected chi connectivity index (χ3v) is 16.5. The molecule has 74 heavy (non-hydrogen) atoms. The maximum atomic E-state index is 7.26. The molecule has 0 saturated carbocycles. The zero-order valence-corrected chi connectivity index (χ0v) is 40.6. The lowest BCUT2D eigenvalue weighted by Crippen LogP contribution is -2.32. The summed E-state index contributed by atoms with van der Waals surface area (Å²) in [5.74, 6) is 3.59. The molecule has 2 aliphatic carbocycles. The Bertz CT molecular complexity index is 4480. The fourth-order valence-corrected chi connectivity index (χ4v) is 13.1. The Kier molecular flexibility index (Phi) is 8.38. The van der Waals surface area contributed by atoms with E-state index in [0.717, 1.165) is 72.1 Å². The number of rotatable bonds is 4.